The number of hydrogen-bond acceptors (Lipinski definition) is 2. The number of benzene rings is 1. The molecule has 3 nitrogen and oxygen atoms in total. The van der Waals surface area contributed by atoms with Crippen LogP contribution in [0.2, 0.25) is 0 Å². The molecule has 1 rings (SSSR count). The SMILES string of the molecule is CC.CC(C)(C#N)c1cccc(C(=O)O)c1. The van der Waals surface area contributed by atoms with Crippen molar-refractivity contribution in [2.24, 2.45) is 0 Å². The van der Waals surface area contributed by atoms with E-state index in [1.165, 1.54) is 12.1 Å². The van der Waals surface area contributed by atoms with Gasteiger partial charge in [-0.15, -0.1) is 0 Å². The second-order valence-electron chi connectivity index (χ2n) is 3.62. The molecule has 0 heterocycles. The lowest BCUT2D eigenvalue weighted by Gasteiger charge is -2.15. The Kier molecular flexibility index (Phi) is 5.24. The first-order valence-corrected chi connectivity index (χ1v) is 5.22. The maximum absolute atomic E-state index is 10.7. The summed E-state index contributed by atoms with van der Waals surface area (Å²) in [4.78, 5) is 10.7. The van der Waals surface area contributed by atoms with Gasteiger partial charge in [0.15, 0.2) is 0 Å². The van der Waals surface area contributed by atoms with Gasteiger partial charge in [-0.1, -0.05) is 26.0 Å². The number of carbonyl (C=O) groups is 1. The number of rotatable bonds is 2. The fourth-order valence-corrected chi connectivity index (χ4v) is 1.11. The van der Waals surface area contributed by atoms with Crippen LogP contribution < -0.4 is 0 Å². The third kappa shape index (κ3) is 3.39. The molecule has 1 N–H and O–H groups in total. The molecule has 0 saturated carbocycles. The summed E-state index contributed by atoms with van der Waals surface area (Å²) in [6.45, 7) is 7.52. The van der Waals surface area contributed by atoms with Gasteiger partial charge in [0.05, 0.1) is 17.0 Å². The Hall–Kier alpha value is -1.82. The summed E-state index contributed by atoms with van der Waals surface area (Å²) in [6, 6.07) is 8.59. The molecule has 0 amide bonds. The van der Waals surface area contributed by atoms with Crippen LogP contribution in [-0.2, 0) is 5.41 Å². The quantitative estimate of drug-likeness (QED) is 0.830. The molecule has 1 aromatic rings. The molecule has 0 atom stereocenters. The standard InChI is InChI=1S/C11H11NO2.C2H6/c1-11(2,7-12)9-5-3-4-8(6-9)10(13)14;1-2/h3-6H,1-2H3,(H,13,14);1-2H3. The molecule has 0 aromatic heterocycles. The van der Waals surface area contributed by atoms with Crippen LogP contribution in [0.15, 0.2) is 24.3 Å². The predicted octanol–water partition coefficient (Wildman–Crippen LogP) is 3.21. The van der Waals surface area contributed by atoms with Crippen molar-refractivity contribution in [3.63, 3.8) is 0 Å². The average molecular weight is 219 g/mol. The van der Waals surface area contributed by atoms with Gasteiger partial charge in [-0.2, -0.15) is 5.26 Å². The molecule has 0 aliphatic rings. The van der Waals surface area contributed by atoms with Gasteiger partial charge in [-0.3, -0.25) is 0 Å². The average Bonchev–Trinajstić information content (AvgIpc) is 2.32. The van der Waals surface area contributed by atoms with E-state index in [1.807, 2.05) is 13.8 Å². The van der Waals surface area contributed by atoms with Crippen molar-refractivity contribution in [2.75, 3.05) is 0 Å². The van der Waals surface area contributed by atoms with E-state index < -0.39 is 11.4 Å². The fourth-order valence-electron chi connectivity index (χ4n) is 1.11. The minimum Gasteiger partial charge on any atom is -0.478 e. The van der Waals surface area contributed by atoms with Crippen LogP contribution in [0.1, 0.15) is 43.6 Å². The van der Waals surface area contributed by atoms with E-state index in [0.717, 1.165) is 5.56 Å². The number of carboxylic acid groups (broad SMARTS) is 1. The van der Waals surface area contributed by atoms with Crippen molar-refractivity contribution in [3.8, 4) is 6.07 Å². The van der Waals surface area contributed by atoms with Gasteiger partial charge in [0, 0.05) is 0 Å². The first-order valence-electron chi connectivity index (χ1n) is 5.22. The molecule has 0 spiro atoms. The van der Waals surface area contributed by atoms with E-state index in [4.69, 9.17) is 10.4 Å². The lowest BCUT2D eigenvalue weighted by Crippen LogP contribution is -2.14. The predicted molar refractivity (Wildman–Crippen MR) is 63.4 cm³/mol. The summed E-state index contributed by atoms with van der Waals surface area (Å²) >= 11 is 0. The van der Waals surface area contributed by atoms with Crippen molar-refractivity contribution in [3.05, 3.63) is 35.4 Å². The molecule has 0 saturated heterocycles. The van der Waals surface area contributed by atoms with E-state index in [0.29, 0.717) is 0 Å². The van der Waals surface area contributed by atoms with E-state index in [-0.39, 0.29) is 5.56 Å². The Balaban J connectivity index is 0.00000106. The largest absolute Gasteiger partial charge is 0.478 e. The van der Waals surface area contributed by atoms with Gasteiger partial charge < -0.3 is 5.11 Å². The molecular weight excluding hydrogens is 202 g/mol. The van der Waals surface area contributed by atoms with E-state index in [1.54, 1.807) is 26.0 Å². The molecular formula is C13H17NO2. The number of aromatic carboxylic acids is 1. The highest BCUT2D eigenvalue weighted by molar-refractivity contribution is 5.87. The summed E-state index contributed by atoms with van der Waals surface area (Å²) in [5.74, 6) is -0.972. The first kappa shape index (κ1) is 14.2. The van der Waals surface area contributed by atoms with Gasteiger partial charge >= 0.3 is 5.97 Å². The van der Waals surface area contributed by atoms with Crippen LogP contribution >= 0.6 is 0 Å². The van der Waals surface area contributed by atoms with Crippen molar-refractivity contribution in [1.82, 2.24) is 0 Å². The lowest BCUT2D eigenvalue weighted by molar-refractivity contribution is 0.0696. The van der Waals surface area contributed by atoms with Crippen molar-refractivity contribution >= 4 is 5.97 Å². The van der Waals surface area contributed by atoms with Gasteiger partial charge in [0.1, 0.15) is 0 Å². The fraction of sp³-hybridized carbons (Fsp3) is 0.385. The molecule has 86 valence electrons. The topological polar surface area (TPSA) is 61.1 Å². The van der Waals surface area contributed by atoms with Gasteiger partial charge in [-0.25, -0.2) is 4.79 Å². The zero-order valence-electron chi connectivity index (χ0n) is 10.1. The number of nitriles is 1. The Labute approximate surface area is 96.3 Å². The molecule has 3 heteroatoms. The lowest BCUT2D eigenvalue weighted by atomic mass is 9.85. The minimum absolute atomic E-state index is 0.214. The van der Waals surface area contributed by atoms with Gasteiger partial charge in [0.2, 0.25) is 0 Å². The van der Waals surface area contributed by atoms with Gasteiger partial charge in [-0.05, 0) is 31.5 Å². The zero-order valence-corrected chi connectivity index (χ0v) is 10.1. The Bertz CT molecular complexity index is 403. The molecule has 0 radical (unpaired) electrons. The highest BCUT2D eigenvalue weighted by Gasteiger charge is 2.20. The molecule has 0 bridgehead atoms. The van der Waals surface area contributed by atoms with Crippen LogP contribution in [0.3, 0.4) is 0 Å². The second-order valence-corrected chi connectivity index (χ2v) is 3.62. The summed E-state index contributed by atoms with van der Waals surface area (Å²) in [5.41, 5.74) is 0.288. The van der Waals surface area contributed by atoms with Crippen molar-refractivity contribution in [2.45, 2.75) is 33.1 Å². The van der Waals surface area contributed by atoms with Gasteiger partial charge in [0.25, 0.3) is 0 Å². The van der Waals surface area contributed by atoms with Crippen LogP contribution in [-0.4, -0.2) is 11.1 Å². The highest BCUT2D eigenvalue weighted by atomic mass is 16.4. The maximum atomic E-state index is 10.7. The number of nitrogens with zero attached hydrogens (tertiary/aromatic N) is 1. The van der Waals surface area contributed by atoms with Crippen LogP contribution in [0.25, 0.3) is 0 Å². The third-order valence-corrected chi connectivity index (χ3v) is 2.11. The molecule has 16 heavy (non-hydrogen) atoms. The highest BCUT2D eigenvalue weighted by Crippen LogP contribution is 2.22. The number of hydrogen-bond donors (Lipinski definition) is 1. The summed E-state index contributed by atoms with van der Waals surface area (Å²) < 4.78 is 0. The smallest absolute Gasteiger partial charge is 0.335 e. The molecule has 0 fully saturated rings. The van der Waals surface area contributed by atoms with Crippen molar-refractivity contribution < 1.29 is 9.90 Å². The van der Waals surface area contributed by atoms with Crippen LogP contribution in [0.4, 0.5) is 0 Å². The van der Waals surface area contributed by atoms with E-state index in [2.05, 4.69) is 6.07 Å². The Morgan fingerprint density at radius 1 is 1.38 bits per heavy atom. The summed E-state index contributed by atoms with van der Waals surface area (Å²) in [6.07, 6.45) is 0. The maximum Gasteiger partial charge on any atom is 0.335 e. The second kappa shape index (κ2) is 5.92. The van der Waals surface area contributed by atoms with Crippen LogP contribution in [0.5, 0.6) is 0 Å². The molecule has 1 aromatic carbocycles. The molecule has 0 aliphatic carbocycles. The Morgan fingerprint density at radius 3 is 2.38 bits per heavy atom. The van der Waals surface area contributed by atoms with E-state index in [9.17, 15) is 4.79 Å². The van der Waals surface area contributed by atoms with E-state index >= 15 is 0 Å². The van der Waals surface area contributed by atoms with Crippen molar-refractivity contribution in [1.29, 1.82) is 5.26 Å². The third-order valence-electron chi connectivity index (χ3n) is 2.11. The summed E-state index contributed by atoms with van der Waals surface area (Å²) in [5, 5.41) is 17.6. The number of carboxylic acids is 1. The first-order chi connectivity index (χ1) is 7.47. The zero-order chi connectivity index (χ0) is 12.8. The molecule has 0 aliphatic heterocycles. The Morgan fingerprint density at radius 2 is 1.94 bits per heavy atom. The normalized spacial score (nSPS) is 9.69. The monoisotopic (exact) mass is 219 g/mol. The molecule has 0 unspecified atom stereocenters. The van der Waals surface area contributed by atoms with Crippen LogP contribution in [0, 0.1) is 11.3 Å². The summed E-state index contributed by atoms with van der Waals surface area (Å²) in [7, 11) is 0. The minimum atomic E-state index is -0.972.